The molecular formula is C15H16N2O. The Kier molecular flexibility index (Phi) is 2.47. The number of ether oxygens (including phenoxy) is 1. The van der Waals surface area contributed by atoms with Crippen molar-refractivity contribution in [2.24, 2.45) is 0 Å². The molecule has 0 aliphatic rings. The van der Waals surface area contributed by atoms with Crippen LogP contribution >= 0.6 is 0 Å². The normalized spacial score (nSPS) is 11.3. The van der Waals surface area contributed by atoms with Crippen LogP contribution in [0.25, 0.3) is 21.8 Å². The number of hydrogen-bond acceptors (Lipinski definition) is 2. The first-order chi connectivity index (χ1) is 8.74. The van der Waals surface area contributed by atoms with Gasteiger partial charge < -0.3 is 9.72 Å². The van der Waals surface area contributed by atoms with Crippen molar-refractivity contribution in [3.05, 3.63) is 35.7 Å². The van der Waals surface area contributed by atoms with Crippen molar-refractivity contribution in [3.8, 4) is 5.75 Å². The summed E-state index contributed by atoms with van der Waals surface area (Å²) in [5, 5.41) is 2.32. The average molecular weight is 240 g/mol. The molecule has 0 aliphatic heterocycles. The minimum absolute atomic E-state index is 0.863. The summed E-state index contributed by atoms with van der Waals surface area (Å²) in [6, 6.07) is 5.98. The fourth-order valence-electron chi connectivity index (χ4n) is 2.48. The third-order valence-corrected chi connectivity index (χ3v) is 3.56. The number of methoxy groups -OCH3 is 1. The zero-order valence-electron chi connectivity index (χ0n) is 10.9. The second-order valence-corrected chi connectivity index (χ2v) is 4.51. The zero-order valence-corrected chi connectivity index (χ0v) is 10.9. The lowest BCUT2D eigenvalue weighted by Gasteiger charge is -2.03. The lowest BCUT2D eigenvalue weighted by Crippen LogP contribution is -1.85. The predicted molar refractivity (Wildman–Crippen MR) is 74.3 cm³/mol. The number of hydrogen-bond donors (Lipinski definition) is 1. The molecule has 92 valence electrons. The zero-order chi connectivity index (χ0) is 12.7. The summed E-state index contributed by atoms with van der Waals surface area (Å²) in [5.74, 6) is 0.863. The van der Waals surface area contributed by atoms with Gasteiger partial charge in [0.1, 0.15) is 5.75 Å². The Morgan fingerprint density at radius 2 is 2.11 bits per heavy atom. The lowest BCUT2D eigenvalue weighted by molar-refractivity contribution is 0.415. The maximum Gasteiger partial charge on any atom is 0.119 e. The molecule has 0 saturated carbocycles. The van der Waals surface area contributed by atoms with Crippen molar-refractivity contribution in [2.45, 2.75) is 20.3 Å². The molecule has 0 atom stereocenters. The third-order valence-electron chi connectivity index (χ3n) is 3.56. The molecule has 3 aromatic rings. The van der Waals surface area contributed by atoms with Gasteiger partial charge in [-0.1, -0.05) is 6.92 Å². The first-order valence-corrected chi connectivity index (χ1v) is 6.18. The molecule has 18 heavy (non-hydrogen) atoms. The molecule has 1 aromatic carbocycles. The van der Waals surface area contributed by atoms with Crippen LogP contribution in [0.1, 0.15) is 18.2 Å². The van der Waals surface area contributed by atoms with Crippen LogP contribution in [-0.4, -0.2) is 17.1 Å². The van der Waals surface area contributed by atoms with Crippen LogP contribution in [0.15, 0.2) is 24.4 Å². The van der Waals surface area contributed by atoms with Gasteiger partial charge in [0.05, 0.1) is 18.1 Å². The van der Waals surface area contributed by atoms with Gasteiger partial charge in [-0.3, -0.25) is 4.98 Å². The van der Waals surface area contributed by atoms with Crippen LogP contribution in [0, 0.1) is 6.92 Å². The van der Waals surface area contributed by atoms with E-state index < -0.39 is 0 Å². The van der Waals surface area contributed by atoms with E-state index in [-0.39, 0.29) is 0 Å². The number of nitrogens with zero attached hydrogens (tertiary/aromatic N) is 1. The number of pyridine rings is 1. The Morgan fingerprint density at radius 3 is 2.83 bits per heavy atom. The van der Waals surface area contributed by atoms with E-state index in [0.29, 0.717) is 0 Å². The number of nitrogens with one attached hydrogen (secondary N) is 1. The Hall–Kier alpha value is -2.03. The van der Waals surface area contributed by atoms with Crippen LogP contribution < -0.4 is 4.74 Å². The van der Waals surface area contributed by atoms with Crippen molar-refractivity contribution in [3.63, 3.8) is 0 Å². The van der Waals surface area contributed by atoms with Crippen molar-refractivity contribution in [1.82, 2.24) is 9.97 Å². The summed E-state index contributed by atoms with van der Waals surface area (Å²) < 4.78 is 5.29. The molecular weight excluding hydrogens is 224 g/mol. The SMILES string of the molecule is CCc1[nH]c2c(cnc3ccc(OC)cc32)c1C. The lowest BCUT2D eigenvalue weighted by atomic mass is 10.1. The second-order valence-electron chi connectivity index (χ2n) is 4.51. The Morgan fingerprint density at radius 1 is 1.28 bits per heavy atom. The number of H-pyrrole nitrogens is 1. The molecule has 0 unspecified atom stereocenters. The summed E-state index contributed by atoms with van der Waals surface area (Å²) in [5.41, 5.74) is 4.73. The smallest absolute Gasteiger partial charge is 0.119 e. The van der Waals surface area contributed by atoms with E-state index in [0.717, 1.165) is 28.6 Å². The van der Waals surface area contributed by atoms with Gasteiger partial charge in [0.25, 0.3) is 0 Å². The summed E-state index contributed by atoms with van der Waals surface area (Å²) >= 11 is 0. The second kappa shape index (κ2) is 4.02. The van der Waals surface area contributed by atoms with Crippen molar-refractivity contribution >= 4 is 21.8 Å². The summed E-state index contributed by atoms with van der Waals surface area (Å²) in [6.07, 6.45) is 2.96. The Bertz CT molecular complexity index is 728. The molecule has 0 amide bonds. The van der Waals surface area contributed by atoms with Crippen LogP contribution in [-0.2, 0) is 6.42 Å². The quantitative estimate of drug-likeness (QED) is 0.743. The van der Waals surface area contributed by atoms with E-state index >= 15 is 0 Å². The number of rotatable bonds is 2. The molecule has 2 aromatic heterocycles. The summed E-state index contributed by atoms with van der Waals surface area (Å²) in [4.78, 5) is 8.03. The molecule has 0 bridgehead atoms. The van der Waals surface area contributed by atoms with E-state index in [1.807, 2.05) is 24.4 Å². The Balaban J connectivity index is 2.43. The molecule has 0 saturated heterocycles. The van der Waals surface area contributed by atoms with Crippen LogP contribution in [0.3, 0.4) is 0 Å². The highest BCUT2D eigenvalue weighted by molar-refractivity contribution is 6.05. The monoisotopic (exact) mass is 240 g/mol. The maximum absolute atomic E-state index is 5.29. The number of aryl methyl sites for hydroxylation is 2. The average Bonchev–Trinajstić information content (AvgIpc) is 2.75. The van der Waals surface area contributed by atoms with E-state index in [1.54, 1.807) is 7.11 Å². The van der Waals surface area contributed by atoms with E-state index in [4.69, 9.17) is 4.74 Å². The van der Waals surface area contributed by atoms with Crippen LogP contribution in [0.4, 0.5) is 0 Å². The van der Waals surface area contributed by atoms with E-state index in [9.17, 15) is 0 Å². The topological polar surface area (TPSA) is 37.9 Å². The fourth-order valence-corrected chi connectivity index (χ4v) is 2.48. The molecule has 3 rings (SSSR count). The molecule has 0 radical (unpaired) electrons. The highest BCUT2D eigenvalue weighted by Crippen LogP contribution is 2.29. The van der Waals surface area contributed by atoms with Gasteiger partial charge in [-0.15, -0.1) is 0 Å². The molecule has 1 N–H and O–H groups in total. The summed E-state index contributed by atoms with van der Waals surface area (Å²) in [7, 11) is 1.69. The van der Waals surface area contributed by atoms with Gasteiger partial charge in [0.15, 0.2) is 0 Å². The van der Waals surface area contributed by atoms with E-state index in [1.165, 1.54) is 16.6 Å². The fraction of sp³-hybridized carbons (Fsp3) is 0.267. The number of aromatic nitrogens is 2. The van der Waals surface area contributed by atoms with Gasteiger partial charge in [0, 0.05) is 22.7 Å². The first-order valence-electron chi connectivity index (χ1n) is 6.18. The molecule has 2 heterocycles. The Labute approximate surface area is 106 Å². The number of benzene rings is 1. The van der Waals surface area contributed by atoms with Gasteiger partial charge in [-0.05, 0) is 37.1 Å². The first kappa shape index (κ1) is 11.1. The molecule has 0 spiro atoms. The minimum atomic E-state index is 0.863. The van der Waals surface area contributed by atoms with Gasteiger partial charge >= 0.3 is 0 Å². The minimum Gasteiger partial charge on any atom is -0.497 e. The maximum atomic E-state index is 5.29. The highest BCUT2D eigenvalue weighted by Gasteiger charge is 2.10. The van der Waals surface area contributed by atoms with Crippen molar-refractivity contribution in [1.29, 1.82) is 0 Å². The van der Waals surface area contributed by atoms with E-state index in [2.05, 4.69) is 23.8 Å². The standard InChI is InChI=1S/C15H16N2O/c1-4-13-9(2)12-8-16-14-6-5-10(18-3)7-11(14)15(12)17-13/h5-8,17H,4H2,1-3H3. The van der Waals surface area contributed by atoms with Crippen molar-refractivity contribution < 1.29 is 4.74 Å². The summed E-state index contributed by atoms with van der Waals surface area (Å²) in [6.45, 7) is 4.30. The molecule has 3 nitrogen and oxygen atoms in total. The highest BCUT2D eigenvalue weighted by atomic mass is 16.5. The third kappa shape index (κ3) is 1.47. The largest absolute Gasteiger partial charge is 0.497 e. The molecule has 3 heteroatoms. The molecule has 0 fully saturated rings. The van der Waals surface area contributed by atoms with Crippen LogP contribution in [0.2, 0.25) is 0 Å². The number of aromatic amines is 1. The van der Waals surface area contributed by atoms with Gasteiger partial charge in [0.2, 0.25) is 0 Å². The van der Waals surface area contributed by atoms with Gasteiger partial charge in [-0.2, -0.15) is 0 Å². The van der Waals surface area contributed by atoms with Crippen molar-refractivity contribution in [2.75, 3.05) is 7.11 Å². The predicted octanol–water partition coefficient (Wildman–Crippen LogP) is 3.60. The van der Waals surface area contributed by atoms with Crippen LogP contribution in [0.5, 0.6) is 5.75 Å². The molecule has 0 aliphatic carbocycles. The van der Waals surface area contributed by atoms with Gasteiger partial charge in [-0.25, -0.2) is 0 Å². The number of fused-ring (bicyclic) bond motifs is 3.